The lowest BCUT2D eigenvalue weighted by Gasteiger charge is -2.22. The van der Waals surface area contributed by atoms with E-state index in [9.17, 15) is 9.59 Å². The van der Waals surface area contributed by atoms with Crippen molar-refractivity contribution in [3.8, 4) is 0 Å². The SMILES string of the molecule is [2H]O[C@@H]1CCN(C(=O)OCc2ccccc2)[C@@H]1C(=O)O. The van der Waals surface area contributed by atoms with Crippen LogP contribution in [0.2, 0.25) is 0 Å². The fourth-order valence-corrected chi connectivity index (χ4v) is 2.06. The Balaban J connectivity index is 1.96. The number of hydrogen-bond donors (Lipinski definition) is 2. The van der Waals surface area contributed by atoms with Crippen molar-refractivity contribution in [2.24, 2.45) is 0 Å². The third kappa shape index (κ3) is 3.03. The zero-order valence-corrected chi connectivity index (χ0v) is 10.2. The molecular formula is C13H15NO5. The molecule has 102 valence electrons. The largest absolute Gasteiger partial charge is 0.480 e. The molecule has 1 fully saturated rings. The molecule has 1 saturated heterocycles. The highest BCUT2D eigenvalue weighted by molar-refractivity contribution is 5.81. The summed E-state index contributed by atoms with van der Waals surface area (Å²) in [4.78, 5) is 24.2. The van der Waals surface area contributed by atoms with Crippen LogP contribution in [0.3, 0.4) is 0 Å². The minimum absolute atomic E-state index is 0.0783. The zero-order chi connectivity index (χ0) is 14.5. The summed E-state index contributed by atoms with van der Waals surface area (Å²) in [5, 5.41) is 13.5. The molecule has 1 aromatic rings. The van der Waals surface area contributed by atoms with E-state index in [0.29, 0.717) is 6.42 Å². The Morgan fingerprint density at radius 3 is 2.79 bits per heavy atom. The van der Waals surface area contributed by atoms with Gasteiger partial charge in [0.15, 0.2) is 6.04 Å². The van der Waals surface area contributed by atoms with E-state index in [0.717, 1.165) is 10.5 Å². The Morgan fingerprint density at radius 2 is 2.16 bits per heavy atom. The molecule has 0 saturated carbocycles. The maximum Gasteiger partial charge on any atom is 0.410 e. The van der Waals surface area contributed by atoms with Gasteiger partial charge in [0.2, 0.25) is 1.43 Å². The summed E-state index contributed by atoms with van der Waals surface area (Å²) in [5.74, 6) is -1.20. The second-order valence-electron chi connectivity index (χ2n) is 4.34. The van der Waals surface area contributed by atoms with E-state index in [1.165, 1.54) is 0 Å². The Hall–Kier alpha value is -2.08. The molecule has 1 aromatic carbocycles. The number of aliphatic carboxylic acids is 1. The van der Waals surface area contributed by atoms with Gasteiger partial charge >= 0.3 is 12.1 Å². The molecule has 2 N–H and O–H groups in total. The standard InChI is InChI=1S/C13H15NO5/c15-10-6-7-14(11(10)12(16)17)13(18)19-8-9-4-2-1-3-5-9/h1-5,10-11,15H,6-8H2,(H,16,17)/t10-,11+/m1/s1/i15D. The number of aliphatic hydroxyl groups excluding tert-OH is 1. The van der Waals surface area contributed by atoms with Gasteiger partial charge in [0.1, 0.15) is 6.61 Å². The molecule has 0 aliphatic carbocycles. The quantitative estimate of drug-likeness (QED) is 0.843. The molecule has 6 nitrogen and oxygen atoms in total. The number of carboxylic acid groups (broad SMARTS) is 1. The maximum absolute atomic E-state index is 11.9. The molecular weight excluding hydrogens is 250 g/mol. The van der Waals surface area contributed by atoms with Crippen molar-refractivity contribution in [2.45, 2.75) is 25.2 Å². The Labute approximate surface area is 111 Å². The fraction of sp³-hybridized carbons (Fsp3) is 0.385. The molecule has 6 heteroatoms. The van der Waals surface area contributed by atoms with E-state index in [1.54, 1.807) is 0 Å². The van der Waals surface area contributed by atoms with Crippen molar-refractivity contribution in [3.05, 3.63) is 35.9 Å². The summed E-state index contributed by atoms with van der Waals surface area (Å²) in [6.45, 7) is 0.281. The molecule has 2 rings (SSSR count). The minimum Gasteiger partial charge on any atom is -0.480 e. The molecule has 0 unspecified atom stereocenters. The number of amides is 1. The molecule has 0 spiro atoms. The first-order chi connectivity index (χ1) is 9.63. The number of nitrogens with zero attached hydrogens (tertiary/aromatic N) is 1. The summed E-state index contributed by atoms with van der Waals surface area (Å²) in [6.07, 6.45) is -1.22. The van der Waals surface area contributed by atoms with Gasteiger partial charge in [-0.15, -0.1) is 0 Å². The Kier molecular flexibility index (Phi) is 3.60. The monoisotopic (exact) mass is 266 g/mol. The first kappa shape index (κ1) is 12.0. The molecule has 0 bridgehead atoms. The topological polar surface area (TPSA) is 87.1 Å². The minimum atomic E-state index is -1.20. The number of aliphatic hydroxyl groups is 1. The highest BCUT2D eigenvalue weighted by Gasteiger charge is 2.41. The van der Waals surface area contributed by atoms with Crippen LogP contribution in [0.4, 0.5) is 4.79 Å². The number of benzene rings is 1. The van der Waals surface area contributed by atoms with Gasteiger partial charge in [-0.05, 0) is 12.0 Å². The van der Waals surface area contributed by atoms with E-state index in [4.69, 9.17) is 11.3 Å². The van der Waals surface area contributed by atoms with Crippen LogP contribution in [0.15, 0.2) is 30.3 Å². The molecule has 0 radical (unpaired) electrons. The smallest absolute Gasteiger partial charge is 0.410 e. The number of rotatable bonds is 4. The average Bonchev–Trinajstić information content (AvgIpc) is 2.90. The molecule has 2 atom stereocenters. The lowest BCUT2D eigenvalue weighted by molar-refractivity contribution is -0.144. The van der Waals surface area contributed by atoms with Crippen LogP contribution in [0, 0.1) is 0 Å². The van der Waals surface area contributed by atoms with E-state index < -0.39 is 24.2 Å². The predicted octanol–water partition coefficient (Wildman–Crippen LogP) is 0.843. The van der Waals surface area contributed by atoms with Crippen LogP contribution in [-0.4, -0.2) is 47.3 Å². The van der Waals surface area contributed by atoms with Crippen molar-refractivity contribution in [1.82, 2.24) is 4.90 Å². The first-order valence-electron chi connectivity index (χ1n) is 6.36. The number of carbonyl (C=O) groups excluding carboxylic acids is 1. The average molecular weight is 266 g/mol. The van der Waals surface area contributed by atoms with Crippen LogP contribution in [0.5, 0.6) is 0 Å². The molecule has 1 amide bonds. The van der Waals surface area contributed by atoms with Crippen LogP contribution in [0.25, 0.3) is 0 Å². The van der Waals surface area contributed by atoms with Gasteiger partial charge in [0.25, 0.3) is 0 Å². The number of likely N-dealkylation sites (tertiary alicyclic amines) is 1. The normalized spacial score (nSPS) is 22.9. The number of hydrogen-bond acceptors (Lipinski definition) is 4. The van der Waals surface area contributed by atoms with Crippen molar-refractivity contribution in [2.75, 3.05) is 6.54 Å². The van der Waals surface area contributed by atoms with E-state index in [-0.39, 0.29) is 13.2 Å². The Bertz CT molecular complexity index is 481. The van der Waals surface area contributed by atoms with Crippen molar-refractivity contribution in [1.29, 1.82) is 1.43 Å². The highest BCUT2D eigenvalue weighted by atomic mass is 16.6. The van der Waals surface area contributed by atoms with Crippen molar-refractivity contribution >= 4 is 12.1 Å². The number of carbonyl (C=O) groups is 2. The van der Waals surface area contributed by atoms with Crippen molar-refractivity contribution in [3.63, 3.8) is 0 Å². The predicted molar refractivity (Wildman–Crippen MR) is 65.4 cm³/mol. The first-order valence-corrected chi connectivity index (χ1v) is 5.95. The Morgan fingerprint density at radius 1 is 1.42 bits per heavy atom. The van der Waals surface area contributed by atoms with Gasteiger partial charge in [0, 0.05) is 6.54 Å². The van der Waals surface area contributed by atoms with Crippen LogP contribution < -0.4 is 0 Å². The van der Waals surface area contributed by atoms with Gasteiger partial charge in [-0.1, -0.05) is 30.3 Å². The lowest BCUT2D eigenvalue weighted by atomic mass is 10.2. The van der Waals surface area contributed by atoms with E-state index in [2.05, 4.69) is 5.11 Å². The van der Waals surface area contributed by atoms with Gasteiger partial charge in [0.05, 0.1) is 6.10 Å². The van der Waals surface area contributed by atoms with Crippen molar-refractivity contribution < 1.29 is 24.5 Å². The van der Waals surface area contributed by atoms with Gasteiger partial charge < -0.3 is 15.0 Å². The molecule has 1 aliphatic rings. The maximum atomic E-state index is 11.9. The fourth-order valence-electron chi connectivity index (χ4n) is 2.06. The summed E-state index contributed by atoms with van der Waals surface area (Å²) < 4.78 is 11.9. The summed E-state index contributed by atoms with van der Waals surface area (Å²) in [6, 6.07) is 7.94. The van der Waals surface area contributed by atoms with Crippen LogP contribution in [-0.2, 0) is 16.1 Å². The second-order valence-corrected chi connectivity index (χ2v) is 4.34. The van der Waals surface area contributed by atoms with Crippen LogP contribution >= 0.6 is 0 Å². The zero-order valence-electron chi connectivity index (χ0n) is 11.2. The molecule has 1 aliphatic heterocycles. The molecule has 1 heterocycles. The second kappa shape index (κ2) is 5.71. The molecule has 19 heavy (non-hydrogen) atoms. The van der Waals surface area contributed by atoms with Gasteiger partial charge in [-0.25, -0.2) is 9.59 Å². The van der Waals surface area contributed by atoms with Gasteiger partial charge in [-0.2, -0.15) is 0 Å². The molecule has 0 aromatic heterocycles. The summed E-state index contributed by atoms with van der Waals surface area (Å²) >= 11 is 0. The van der Waals surface area contributed by atoms with E-state index >= 15 is 0 Å². The third-order valence-electron chi connectivity index (χ3n) is 3.04. The number of ether oxygens (including phenoxy) is 1. The highest BCUT2D eigenvalue weighted by Crippen LogP contribution is 2.19. The van der Waals surface area contributed by atoms with E-state index in [1.807, 2.05) is 30.3 Å². The summed E-state index contributed by atoms with van der Waals surface area (Å²) in [7, 11) is 0. The summed E-state index contributed by atoms with van der Waals surface area (Å²) in [5.41, 5.74) is 0.820. The van der Waals surface area contributed by atoms with Gasteiger partial charge in [-0.3, -0.25) is 4.90 Å². The third-order valence-corrected chi connectivity index (χ3v) is 3.04. The van der Waals surface area contributed by atoms with Crippen LogP contribution in [0.1, 0.15) is 12.0 Å². The number of carboxylic acids is 1. The lowest BCUT2D eigenvalue weighted by Crippen LogP contribution is -2.45.